The molecule has 0 bridgehead atoms. The molecule has 1 saturated heterocycles. The molecular formula is C22H36BNO6Si. The Balaban J connectivity index is 2.09. The Kier molecular flexibility index (Phi) is 8.00. The average Bonchev–Trinajstić information content (AvgIpc) is 2.88. The Labute approximate surface area is 187 Å². The van der Waals surface area contributed by atoms with Crippen molar-refractivity contribution in [2.45, 2.75) is 70.5 Å². The molecule has 1 aromatic carbocycles. The van der Waals surface area contributed by atoms with Crippen LogP contribution in [0.5, 0.6) is 0 Å². The lowest BCUT2D eigenvalue weighted by atomic mass is 9.77. The topological polar surface area (TPSA) is 83.1 Å². The molecule has 1 N–H and O–H groups in total. The zero-order valence-electron chi connectivity index (χ0n) is 20.0. The summed E-state index contributed by atoms with van der Waals surface area (Å²) >= 11 is 0. The molecule has 1 heterocycles. The Hall–Kier alpha value is -1.84. The van der Waals surface area contributed by atoms with Crippen molar-refractivity contribution in [3.63, 3.8) is 0 Å². The number of ether oxygens (including phenoxy) is 2. The molecule has 1 aromatic rings. The van der Waals surface area contributed by atoms with Crippen LogP contribution in [0.2, 0.25) is 25.7 Å². The molecule has 1 aliphatic rings. The van der Waals surface area contributed by atoms with E-state index >= 15 is 0 Å². The SMILES string of the molecule is COC(=O)C(CNC(=O)OCC[Si](C)(C)C)c1cccc(B2OC(C)(C)C(C)(C)O2)c1. The van der Waals surface area contributed by atoms with E-state index in [0.29, 0.717) is 12.2 Å². The minimum Gasteiger partial charge on any atom is -0.468 e. The largest absolute Gasteiger partial charge is 0.494 e. The van der Waals surface area contributed by atoms with Crippen molar-refractivity contribution in [3.05, 3.63) is 29.8 Å². The summed E-state index contributed by atoms with van der Waals surface area (Å²) in [6.45, 7) is 15.1. The highest BCUT2D eigenvalue weighted by Gasteiger charge is 2.51. The van der Waals surface area contributed by atoms with Crippen LogP contribution in [0.4, 0.5) is 4.79 Å². The standard InChI is InChI=1S/C22H36BNO6Si/c1-21(2)22(3,4)30-23(29-21)17-11-9-10-16(14-17)18(19(25)27-5)15-24-20(26)28-12-13-31(6,7)8/h9-11,14,18H,12-13,15H2,1-8H3,(H,24,26). The number of methoxy groups -OCH3 is 1. The molecule has 1 aliphatic heterocycles. The molecule has 0 spiro atoms. The molecule has 0 radical (unpaired) electrons. The third kappa shape index (κ3) is 6.82. The summed E-state index contributed by atoms with van der Waals surface area (Å²) < 4.78 is 22.5. The Morgan fingerprint density at radius 2 is 1.74 bits per heavy atom. The van der Waals surface area contributed by atoms with E-state index in [-0.39, 0.29) is 6.54 Å². The molecule has 172 valence electrons. The molecule has 2 rings (SSSR count). The van der Waals surface area contributed by atoms with Crippen LogP contribution in [0, 0.1) is 0 Å². The van der Waals surface area contributed by atoms with E-state index in [9.17, 15) is 9.59 Å². The van der Waals surface area contributed by atoms with E-state index in [1.165, 1.54) is 7.11 Å². The maximum atomic E-state index is 12.4. The van der Waals surface area contributed by atoms with Crippen molar-refractivity contribution in [2.24, 2.45) is 0 Å². The van der Waals surface area contributed by atoms with Gasteiger partial charge in [0, 0.05) is 14.6 Å². The summed E-state index contributed by atoms with van der Waals surface area (Å²) in [5, 5.41) is 2.69. The fraction of sp³-hybridized carbons (Fsp3) is 0.636. The van der Waals surface area contributed by atoms with Gasteiger partial charge in [-0.15, -0.1) is 0 Å². The van der Waals surface area contributed by atoms with Gasteiger partial charge in [-0.05, 0) is 44.8 Å². The van der Waals surface area contributed by atoms with Gasteiger partial charge in [-0.1, -0.05) is 43.9 Å². The number of hydrogen-bond acceptors (Lipinski definition) is 6. The summed E-state index contributed by atoms with van der Waals surface area (Å²) in [6.07, 6.45) is -0.533. The number of rotatable bonds is 8. The number of carbonyl (C=O) groups is 2. The maximum absolute atomic E-state index is 12.4. The first kappa shape index (κ1) is 25.4. The number of hydrogen-bond donors (Lipinski definition) is 1. The third-order valence-corrected chi connectivity index (χ3v) is 7.56. The van der Waals surface area contributed by atoms with Gasteiger partial charge in [0.05, 0.1) is 30.8 Å². The predicted octanol–water partition coefficient (Wildman–Crippen LogP) is 3.31. The lowest BCUT2D eigenvalue weighted by molar-refractivity contribution is -0.142. The summed E-state index contributed by atoms with van der Waals surface area (Å²) in [5.41, 5.74) is 0.594. The first-order chi connectivity index (χ1) is 14.3. The van der Waals surface area contributed by atoms with E-state index in [0.717, 1.165) is 11.5 Å². The molecular weight excluding hydrogens is 413 g/mol. The maximum Gasteiger partial charge on any atom is 0.494 e. The molecule has 1 amide bonds. The normalized spacial score (nSPS) is 18.4. The second kappa shape index (κ2) is 9.75. The van der Waals surface area contributed by atoms with Gasteiger partial charge in [0.1, 0.15) is 0 Å². The number of alkyl carbamates (subject to hydrolysis) is 1. The van der Waals surface area contributed by atoms with Crippen LogP contribution < -0.4 is 10.8 Å². The van der Waals surface area contributed by atoms with Crippen molar-refractivity contribution in [1.29, 1.82) is 0 Å². The van der Waals surface area contributed by atoms with Crippen molar-refractivity contribution >= 4 is 32.7 Å². The molecule has 1 fully saturated rings. The highest BCUT2D eigenvalue weighted by atomic mass is 28.3. The minimum atomic E-state index is -1.29. The first-order valence-electron chi connectivity index (χ1n) is 10.7. The van der Waals surface area contributed by atoms with Crippen molar-refractivity contribution < 1.29 is 28.4 Å². The van der Waals surface area contributed by atoms with Gasteiger partial charge in [0.2, 0.25) is 0 Å². The molecule has 1 atom stereocenters. The first-order valence-corrected chi connectivity index (χ1v) is 14.4. The van der Waals surface area contributed by atoms with Gasteiger partial charge >= 0.3 is 19.2 Å². The van der Waals surface area contributed by atoms with Crippen LogP contribution in [0.25, 0.3) is 0 Å². The predicted molar refractivity (Wildman–Crippen MR) is 124 cm³/mol. The third-order valence-electron chi connectivity index (χ3n) is 5.86. The van der Waals surface area contributed by atoms with Crippen molar-refractivity contribution in [1.82, 2.24) is 5.32 Å². The summed E-state index contributed by atoms with van der Waals surface area (Å²) in [6, 6.07) is 8.32. The van der Waals surface area contributed by atoms with Gasteiger partial charge in [-0.2, -0.15) is 0 Å². The number of benzene rings is 1. The van der Waals surface area contributed by atoms with Crippen molar-refractivity contribution in [2.75, 3.05) is 20.3 Å². The van der Waals surface area contributed by atoms with E-state index in [1.807, 2.05) is 52.0 Å². The van der Waals surface area contributed by atoms with Gasteiger partial charge in [0.25, 0.3) is 0 Å². The quantitative estimate of drug-likeness (QED) is 0.484. The Morgan fingerprint density at radius 1 is 1.13 bits per heavy atom. The van der Waals surface area contributed by atoms with Gasteiger partial charge in [-0.3, -0.25) is 4.79 Å². The lowest BCUT2D eigenvalue weighted by Gasteiger charge is -2.32. The fourth-order valence-electron chi connectivity index (χ4n) is 3.07. The molecule has 0 saturated carbocycles. The molecule has 1 unspecified atom stereocenters. The second-order valence-corrected chi connectivity index (χ2v) is 15.8. The highest BCUT2D eigenvalue weighted by Crippen LogP contribution is 2.36. The van der Waals surface area contributed by atoms with Crippen LogP contribution in [-0.4, -0.2) is 58.7 Å². The van der Waals surface area contributed by atoms with Crippen LogP contribution in [0.3, 0.4) is 0 Å². The number of carbonyl (C=O) groups excluding carboxylic acids is 2. The Bertz CT molecular complexity index is 776. The van der Waals surface area contributed by atoms with E-state index in [4.69, 9.17) is 18.8 Å². The number of amides is 1. The van der Waals surface area contributed by atoms with Gasteiger partial charge in [-0.25, -0.2) is 4.79 Å². The Morgan fingerprint density at radius 3 is 2.29 bits per heavy atom. The summed E-state index contributed by atoms with van der Waals surface area (Å²) in [4.78, 5) is 24.5. The monoisotopic (exact) mass is 449 g/mol. The number of nitrogens with one attached hydrogen (secondary N) is 1. The van der Waals surface area contributed by atoms with Crippen LogP contribution in [-0.2, 0) is 23.6 Å². The molecule has 7 nitrogen and oxygen atoms in total. The van der Waals surface area contributed by atoms with Crippen LogP contribution >= 0.6 is 0 Å². The minimum absolute atomic E-state index is 0.0747. The molecule has 9 heteroatoms. The van der Waals surface area contributed by atoms with Crippen LogP contribution in [0.15, 0.2) is 24.3 Å². The lowest BCUT2D eigenvalue weighted by Crippen LogP contribution is -2.41. The summed E-state index contributed by atoms with van der Waals surface area (Å²) in [5.74, 6) is -1.11. The van der Waals surface area contributed by atoms with Gasteiger partial charge < -0.3 is 24.1 Å². The summed E-state index contributed by atoms with van der Waals surface area (Å²) in [7, 11) is -0.494. The molecule has 0 aromatic heterocycles. The molecule has 0 aliphatic carbocycles. The zero-order valence-corrected chi connectivity index (χ0v) is 21.0. The fourth-order valence-corrected chi connectivity index (χ4v) is 3.78. The van der Waals surface area contributed by atoms with Gasteiger partial charge in [0.15, 0.2) is 0 Å². The van der Waals surface area contributed by atoms with E-state index in [2.05, 4.69) is 25.0 Å². The van der Waals surface area contributed by atoms with Crippen LogP contribution in [0.1, 0.15) is 39.2 Å². The van der Waals surface area contributed by atoms with Crippen molar-refractivity contribution in [3.8, 4) is 0 Å². The number of esters is 1. The zero-order chi connectivity index (χ0) is 23.4. The smallest absolute Gasteiger partial charge is 0.468 e. The molecule has 31 heavy (non-hydrogen) atoms. The van der Waals surface area contributed by atoms with E-state index in [1.54, 1.807) is 0 Å². The highest BCUT2D eigenvalue weighted by molar-refractivity contribution is 6.76. The average molecular weight is 449 g/mol. The second-order valence-electron chi connectivity index (χ2n) is 10.2. The van der Waals surface area contributed by atoms with E-state index < -0.39 is 44.4 Å².